The molecule has 4 rings (SSSR count). The summed E-state index contributed by atoms with van der Waals surface area (Å²) in [6.45, 7) is 2.75. The monoisotopic (exact) mass is 361 g/mol. The van der Waals surface area contributed by atoms with E-state index in [-0.39, 0.29) is 5.95 Å². The van der Waals surface area contributed by atoms with Gasteiger partial charge in [0.15, 0.2) is 0 Å². The van der Waals surface area contributed by atoms with Gasteiger partial charge in [-0.05, 0) is 36.4 Å². The van der Waals surface area contributed by atoms with Crippen LogP contribution in [0.15, 0.2) is 54.6 Å². The Bertz CT molecular complexity index is 940. The van der Waals surface area contributed by atoms with Crippen molar-refractivity contribution in [1.29, 1.82) is 5.26 Å². The van der Waals surface area contributed by atoms with Crippen LogP contribution in [0, 0.1) is 11.3 Å². The van der Waals surface area contributed by atoms with Crippen LogP contribution in [0.4, 0.5) is 17.6 Å². The van der Waals surface area contributed by atoms with E-state index in [9.17, 15) is 0 Å². The van der Waals surface area contributed by atoms with Gasteiger partial charge in [0.1, 0.15) is 0 Å². The first-order valence-electron chi connectivity index (χ1n) is 8.67. The molecule has 0 atom stereocenters. The molecular weight excluding hydrogens is 342 g/mol. The number of para-hydroxylation sites is 1. The van der Waals surface area contributed by atoms with Crippen molar-refractivity contribution in [2.24, 2.45) is 0 Å². The maximum absolute atomic E-state index is 9.03. The first-order chi connectivity index (χ1) is 13.3. The largest absolute Gasteiger partial charge is 0.379 e. The number of morpholine rings is 1. The van der Waals surface area contributed by atoms with Gasteiger partial charge in [-0.2, -0.15) is 14.9 Å². The van der Waals surface area contributed by atoms with E-state index in [1.54, 1.807) is 16.8 Å². The van der Waals surface area contributed by atoms with E-state index in [0.29, 0.717) is 24.7 Å². The van der Waals surface area contributed by atoms with Crippen LogP contribution in [-0.4, -0.2) is 46.1 Å². The molecule has 2 N–H and O–H groups in total. The minimum absolute atomic E-state index is 0.184. The van der Waals surface area contributed by atoms with Crippen molar-refractivity contribution in [1.82, 2.24) is 19.8 Å². The lowest BCUT2D eigenvalue weighted by Crippen LogP contribution is -2.47. The third-order valence-electron chi connectivity index (χ3n) is 4.31. The lowest BCUT2D eigenvalue weighted by Gasteiger charge is -2.37. The summed E-state index contributed by atoms with van der Waals surface area (Å²) in [5.74, 6) is 0.772. The zero-order valence-corrected chi connectivity index (χ0v) is 14.7. The Balaban J connectivity index is 1.81. The van der Waals surface area contributed by atoms with Crippen LogP contribution in [0.5, 0.6) is 0 Å². The van der Waals surface area contributed by atoms with Gasteiger partial charge in [-0.1, -0.05) is 18.2 Å². The van der Waals surface area contributed by atoms with E-state index in [1.807, 2.05) is 47.5 Å². The van der Waals surface area contributed by atoms with Crippen LogP contribution in [0.2, 0.25) is 0 Å². The molecule has 8 nitrogen and oxygen atoms in total. The molecule has 27 heavy (non-hydrogen) atoms. The van der Waals surface area contributed by atoms with Crippen LogP contribution in [-0.2, 0) is 4.74 Å². The lowest BCUT2D eigenvalue weighted by molar-refractivity contribution is 0.0370. The molecule has 2 aromatic carbocycles. The smallest absolute Gasteiger partial charge is 0.250 e. The van der Waals surface area contributed by atoms with E-state index in [1.165, 1.54) is 0 Å². The second kappa shape index (κ2) is 7.45. The number of hydrogen-bond donors (Lipinski definition) is 1. The van der Waals surface area contributed by atoms with Gasteiger partial charge in [0.05, 0.1) is 36.2 Å². The van der Waals surface area contributed by atoms with E-state index >= 15 is 0 Å². The first-order valence-corrected chi connectivity index (χ1v) is 8.67. The molecule has 0 bridgehead atoms. The molecule has 1 aliphatic heterocycles. The van der Waals surface area contributed by atoms with Gasteiger partial charge in [0, 0.05) is 13.1 Å². The Morgan fingerprint density at radius 1 is 1.04 bits per heavy atom. The fraction of sp³-hybridized carbons (Fsp3) is 0.211. The summed E-state index contributed by atoms with van der Waals surface area (Å²) >= 11 is 0. The third kappa shape index (κ3) is 3.46. The van der Waals surface area contributed by atoms with Crippen LogP contribution in [0.25, 0.3) is 5.69 Å². The summed E-state index contributed by atoms with van der Waals surface area (Å²) in [6.07, 6.45) is 0. The van der Waals surface area contributed by atoms with Crippen LogP contribution in [0.1, 0.15) is 5.56 Å². The normalized spacial score (nSPS) is 14.6. The van der Waals surface area contributed by atoms with E-state index in [4.69, 9.17) is 15.7 Å². The highest BCUT2D eigenvalue weighted by Crippen LogP contribution is 2.29. The maximum atomic E-state index is 9.03. The van der Waals surface area contributed by atoms with Gasteiger partial charge in [-0.15, -0.1) is 5.10 Å². The van der Waals surface area contributed by atoms with Crippen molar-refractivity contribution in [2.45, 2.75) is 0 Å². The Labute approximate surface area is 157 Å². The predicted molar refractivity (Wildman–Crippen MR) is 101 cm³/mol. The number of aromatic nitrogens is 3. The third-order valence-corrected chi connectivity index (χ3v) is 4.31. The predicted octanol–water partition coefficient (Wildman–Crippen LogP) is 2.11. The number of benzene rings is 2. The van der Waals surface area contributed by atoms with E-state index < -0.39 is 0 Å². The molecule has 0 unspecified atom stereocenters. The van der Waals surface area contributed by atoms with E-state index in [0.717, 1.165) is 24.5 Å². The van der Waals surface area contributed by atoms with Gasteiger partial charge in [0.2, 0.25) is 11.9 Å². The number of rotatable bonds is 4. The average molecular weight is 361 g/mol. The van der Waals surface area contributed by atoms with Crippen LogP contribution >= 0.6 is 0 Å². The number of ether oxygens (including phenoxy) is 1. The molecule has 0 spiro atoms. The molecule has 0 saturated carbocycles. The van der Waals surface area contributed by atoms with Crippen LogP contribution < -0.4 is 10.7 Å². The van der Waals surface area contributed by atoms with Crippen molar-refractivity contribution in [3.05, 3.63) is 60.2 Å². The topological polar surface area (TPSA) is 96.2 Å². The van der Waals surface area contributed by atoms with Crippen molar-refractivity contribution in [3.63, 3.8) is 0 Å². The van der Waals surface area contributed by atoms with Crippen molar-refractivity contribution in [2.75, 3.05) is 37.0 Å². The first kappa shape index (κ1) is 17.0. The molecule has 1 aromatic heterocycles. The number of anilines is 3. The quantitative estimate of drug-likeness (QED) is 0.760. The Morgan fingerprint density at radius 3 is 2.41 bits per heavy atom. The summed E-state index contributed by atoms with van der Waals surface area (Å²) < 4.78 is 7.19. The Hall–Kier alpha value is -3.41. The van der Waals surface area contributed by atoms with Crippen molar-refractivity contribution < 1.29 is 4.74 Å². The molecule has 2 heterocycles. The number of nitrogen functional groups attached to an aromatic ring is 1. The van der Waals surface area contributed by atoms with E-state index in [2.05, 4.69) is 21.2 Å². The standard InChI is InChI=1S/C19H19N7O/c20-14-15-6-8-16(9-7-15)25-19(22-18(21)23-25)26(17-4-2-1-3-5-17)24-10-12-27-13-11-24/h1-9H,10-13H2,(H2,21,23). The fourth-order valence-electron chi connectivity index (χ4n) is 3.03. The summed E-state index contributed by atoms with van der Waals surface area (Å²) in [6, 6.07) is 19.3. The maximum Gasteiger partial charge on any atom is 0.250 e. The number of hydrazine groups is 1. The molecule has 0 amide bonds. The van der Waals surface area contributed by atoms with Gasteiger partial charge in [0.25, 0.3) is 0 Å². The number of hydrogen-bond acceptors (Lipinski definition) is 7. The van der Waals surface area contributed by atoms with Crippen LogP contribution in [0.3, 0.4) is 0 Å². The highest BCUT2D eigenvalue weighted by atomic mass is 16.5. The zero-order chi connectivity index (χ0) is 18.6. The molecule has 8 heteroatoms. The molecular formula is C19H19N7O. The molecule has 0 aliphatic carbocycles. The second-order valence-corrected chi connectivity index (χ2v) is 6.05. The average Bonchev–Trinajstić information content (AvgIpc) is 3.11. The van der Waals surface area contributed by atoms with Gasteiger partial charge in [-0.25, -0.2) is 10.0 Å². The fourth-order valence-corrected chi connectivity index (χ4v) is 3.03. The summed E-state index contributed by atoms with van der Waals surface area (Å²) in [4.78, 5) is 4.49. The molecule has 1 fully saturated rings. The summed E-state index contributed by atoms with van der Waals surface area (Å²) in [5.41, 5.74) is 8.28. The molecule has 0 radical (unpaired) electrons. The van der Waals surface area contributed by atoms with Gasteiger partial charge >= 0.3 is 0 Å². The van der Waals surface area contributed by atoms with Crippen molar-refractivity contribution >= 4 is 17.6 Å². The lowest BCUT2D eigenvalue weighted by atomic mass is 10.2. The minimum atomic E-state index is 0.184. The summed E-state index contributed by atoms with van der Waals surface area (Å²) in [7, 11) is 0. The Morgan fingerprint density at radius 2 is 1.74 bits per heavy atom. The molecule has 1 saturated heterocycles. The molecule has 1 aliphatic rings. The number of nitrogens with two attached hydrogens (primary N) is 1. The van der Waals surface area contributed by atoms with Gasteiger partial charge < -0.3 is 10.5 Å². The zero-order valence-electron chi connectivity index (χ0n) is 14.7. The molecule has 3 aromatic rings. The number of nitrogens with zero attached hydrogens (tertiary/aromatic N) is 6. The SMILES string of the molecule is N#Cc1ccc(-n2nc(N)nc2N(c2ccccc2)N2CCOCC2)cc1. The number of nitriles is 1. The minimum Gasteiger partial charge on any atom is -0.379 e. The van der Waals surface area contributed by atoms with Crippen molar-refractivity contribution in [3.8, 4) is 11.8 Å². The van der Waals surface area contributed by atoms with Gasteiger partial charge in [-0.3, -0.25) is 0 Å². The highest BCUT2D eigenvalue weighted by molar-refractivity contribution is 5.59. The highest BCUT2D eigenvalue weighted by Gasteiger charge is 2.26. The second-order valence-electron chi connectivity index (χ2n) is 6.05. The molecule has 136 valence electrons. The summed E-state index contributed by atoms with van der Waals surface area (Å²) in [5, 5.41) is 17.6. The Kier molecular flexibility index (Phi) is 4.70.